The molecule has 0 unspecified atom stereocenters. The third-order valence-corrected chi connectivity index (χ3v) is 7.78. The Hall–Kier alpha value is -2.48. The molecule has 170 valence electrons. The number of hydrogen-bond donors (Lipinski definition) is 1. The molecular weight excluding hydrogens is 422 g/mol. The third-order valence-electron chi connectivity index (χ3n) is 6.22. The Morgan fingerprint density at radius 3 is 2.50 bits per heavy atom. The lowest BCUT2D eigenvalue weighted by Gasteiger charge is -2.29. The van der Waals surface area contributed by atoms with E-state index >= 15 is 0 Å². The van der Waals surface area contributed by atoms with Crippen LogP contribution in [0.1, 0.15) is 42.9 Å². The van der Waals surface area contributed by atoms with Gasteiger partial charge in [0.15, 0.2) is 0 Å². The first-order chi connectivity index (χ1) is 15.4. The van der Waals surface area contributed by atoms with Gasteiger partial charge in [-0.1, -0.05) is 43.3 Å². The van der Waals surface area contributed by atoms with E-state index in [9.17, 15) is 13.2 Å². The van der Waals surface area contributed by atoms with Crippen molar-refractivity contribution in [1.29, 1.82) is 0 Å². The van der Waals surface area contributed by atoms with E-state index in [1.54, 1.807) is 6.08 Å². The van der Waals surface area contributed by atoms with Gasteiger partial charge in [0.05, 0.1) is 0 Å². The van der Waals surface area contributed by atoms with E-state index in [-0.39, 0.29) is 11.8 Å². The van der Waals surface area contributed by atoms with Crippen molar-refractivity contribution >= 4 is 27.7 Å². The second-order valence-electron chi connectivity index (χ2n) is 8.62. The smallest absolute Gasteiger partial charge is 0.236 e. The number of piperidine rings is 1. The van der Waals surface area contributed by atoms with Crippen molar-refractivity contribution in [1.82, 2.24) is 9.21 Å². The number of rotatable bonds is 7. The van der Waals surface area contributed by atoms with Crippen LogP contribution in [0.5, 0.6) is 0 Å². The molecule has 6 nitrogen and oxygen atoms in total. The van der Waals surface area contributed by atoms with Crippen LogP contribution in [0.15, 0.2) is 53.9 Å². The fourth-order valence-corrected chi connectivity index (χ4v) is 5.67. The van der Waals surface area contributed by atoms with E-state index in [0.717, 1.165) is 37.3 Å². The molecule has 1 fully saturated rings. The van der Waals surface area contributed by atoms with E-state index < -0.39 is 10.0 Å². The number of nitrogens with one attached hydrogen (secondary N) is 1. The molecule has 0 spiro atoms. The van der Waals surface area contributed by atoms with Crippen molar-refractivity contribution in [3.8, 4) is 0 Å². The Morgan fingerprint density at radius 1 is 1.06 bits per heavy atom. The van der Waals surface area contributed by atoms with Crippen molar-refractivity contribution in [3.63, 3.8) is 0 Å². The molecule has 0 aliphatic carbocycles. The molecule has 2 aliphatic heterocycles. The van der Waals surface area contributed by atoms with E-state index in [1.165, 1.54) is 20.8 Å². The molecule has 0 saturated carbocycles. The molecule has 1 saturated heterocycles. The fourth-order valence-electron chi connectivity index (χ4n) is 4.45. The van der Waals surface area contributed by atoms with Gasteiger partial charge in [-0.2, -0.15) is 4.31 Å². The van der Waals surface area contributed by atoms with Crippen molar-refractivity contribution in [3.05, 3.63) is 70.6 Å². The van der Waals surface area contributed by atoms with E-state index in [4.69, 9.17) is 0 Å². The quantitative estimate of drug-likeness (QED) is 0.686. The maximum Gasteiger partial charge on any atom is 0.236 e. The van der Waals surface area contributed by atoms with Gasteiger partial charge in [0.25, 0.3) is 0 Å². The minimum Gasteiger partial charge on any atom is -0.326 e. The van der Waals surface area contributed by atoms with Crippen LogP contribution in [-0.2, 0) is 27.9 Å². The van der Waals surface area contributed by atoms with Crippen molar-refractivity contribution in [2.75, 3.05) is 25.0 Å². The Morgan fingerprint density at radius 2 is 1.78 bits per heavy atom. The van der Waals surface area contributed by atoms with Gasteiger partial charge < -0.3 is 5.32 Å². The van der Waals surface area contributed by atoms with Crippen LogP contribution in [-0.4, -0.2) is 43.2 Å². The second kappa shape index (κ2) is 9.98. The van der Waals surface area contributed by atoms with Crippen molar-refractivity contribution < 1.29 is 13.2 Å². The molecule has 0 bridgehead atoms. The predicted molar refractivity (Wildman–Crippen MR) is 128 cm³/mol. The minimum atomic E-state index is -3.49. The summed E-state index contributed by atoms with van der Waals surface area (Å²) in [4.78, 5) is 15.2. The summed E-state index contributed by atoms with van der Waals surface area (Å²) in [6, 6.07) is 15.5. The number of hydrogen-bond acceptors (Lipinski definition) is 4. The maximum atomic E-state index is 12.8. The first-order valence-corrected chi connectivity index (χ1v) is 12.8. The molecular formula is C25H31N3O3S. The van der Waals surface area contributed by atoms with Gasteiger partial charge in [0, 0.05) is 43.2 Å². The molecule has 2 aromatic carbocycles. The molecule has 2 heterocycles. The minimum absolute atomic E-state index is 0.0229. The number of fused-ring (bicyclic) bond motifs is 1. The zero-order valence-electron chi connectivity index (χ0n) is 18.5. The van der Waals surface area contributed by atoms with Crippen LogP contribution < -0.4 is 5.32 Å². The second-order valence-corrected chi connectivity index (χ2v) is 10.4. The lowest BCUT2D eigenvalue weighted by molar-refractivity contribution is -0.120. The number of benzene rings is 2. The summed E-state index contributed by atoms with van der Waals surface area (Å²) in [5.74, 6) is -0.199. The molecule has 2 aliphatic rings. The maximum absolute atomic E-state index is 12.8. The number of carbonyl (C=O) groups is 1. The van der Waals surface area contributed by atoms with Crippen LogP contribution in [0.25, 0.3) is 6.08 Å². The summed E-state index contributed by atoms with van der Waals surface area (Å²) in [5.41, 5.74) is 4.28. The lowest BCUT2D eigenvalue weighted by Crippen LogP contribution is -2.40. The van der Waals surface area contributed by atoms with E-state index in [0.29, 0.717) is 25.9 Å². The number of amides is 1. The molecule has 7 heteroatoms. The predicted octanol–water partition coefficient (Wildman–Crippen LogP) is 4.06. The van der Waals surface area contributed by atoms with Crippen LogP contribution >= 0.6 is 0 Å². The van der Waals surface area contributed by atoms with E-state index in [2.05, 4.69) is 29.3 Å². The van der Waals surface area contributed by atoms with Gasteiger partial charge in [0.1, 0.15) is 0 Å². The molecule has 4 rings (SSSR count). The zero-order chi connectivity index (χ0) is 22.6. The van der Waals surface area contributed by atoms with Gasteiger partial charge in [-0.15, -0.1) is 0 Å². The fraction of sp³-hybridized carbons (Fsp3) is 0.400. The Kier molecular flexibility index (Phi) is 7.08. The van der Waals surface area contributed by atoms with Crippen molar-refractivity contribution in [2.24, 2.45) is 5.92 Å². The number of anilines is 1. The van der Waals surface area contributed by atoms with Gasteiger partial charge in [0.2, 0.25) is 15.9 Å². The van der Waals surface area contributed by atoms with E-state index in [1.807, 2.05) is 36.4 Å². The molecule has 2 aromatic rings. The monoisotopic (exact) mass is 453 g/mol. The molecule has 0 radical (unpaired) electrons. The van der Waals surface area contributed by atoms with Gasteiger partial charge >= 0.3 is 0 Å². The summed E-state index contributed by atoms with van der Waals surface area (Å²) in [5, 5.41) is 4.31. The average molecular weight is 454 g/mol. The number of sulfonamides is 1. The van der Waals surface area contributed by atoms with Gasteiger partial charge in [-0.25, -0.2) is 8.42 Å². The van der Waals surface area contributed by atoms with Gasteiger partial charge in [-0.3, -0.25) is 9.69 Å². The summed E-state index contributed by atoms with van der Waals surface area (Å²) >= 11 is 0. The summed E-state index contributed by atoms with van der Waals surface area (Å²) in [6.07, 6.45) is 3.80. The lowest BCUT2D eigenvalue weighted by atomic mass is 9.97. The third kappa shape index (κ3) is 5.46. The highest BCUT2D eigenvalue weighted by Crippen LogP contribution is 2.27. The number of nitrogens with zero attached hydrogens (tertiary/aromatic N) is 2. The highest BCUT2D eigenvalue weighted by atomic mass is 32.2. The SMILES string of the molecule is CCCN1Cc2ccc(NC(=O)C3CCN(S(=O)(=O)C=Cc4ccccc4)CC3)cc2C1. The number of carbonyl (C=O) groups excluding carboxylic acids is 1. The van der Waals surface area contributed by atoms with Gasteiger partial charge in [-0.05, 0) is 60.7 Å². The highest BCUT2D eigenvalue weighted by molar-refractivity contribution is 7.92. The first-order valence-electron chi connectivity index (χ1n) is 11.3. The topological polar surface area (TPSA) is 69.7 Å². The Balaban J connectivity index is 1.30. The standard InChI is InChI=1S/C25H31N3O3S/c1-2-13-27-18-22-8-9-24(17-23(22)19-27)26-25(29)21-10-14-28(15-11-21)32(30,31)16-12-20-6-4-3-5-7-20/h3-9,12,16-17,21H,2,10-11,13-15,18-19H2,1H3,(H,26,29). The molecule has 0 aromatic heterocycles. The first kappa shape index (κ1) is 22.7. The summed E-state index contributed by atoms with van der Waals surface area (Å²) in [6.45, 7) is 5.89. The van der Waals surface area contributed by atoms with Crippen LogP contribution in [0.3, 0.4) is 0 Å². The molecule has 0 atom stereocenters. The van der Waals surface area contributed by atoms with Crippen LogP contribution in [0.4, 0.5) is 5.69 Å². The Labute approximate surface area is 191 Å². The average Bonchev–Trinajstić information content (AvgIpc) is 3.20. The Bertz CT molecular complexity index is 1070. The van der Waals surface area contributed by atoms with Crippen LogP contribution in [0.2, 0.25) is 0 Å². The summed E-state index contributed by atoms with van der Waals surface area (Å²) in [7, 11) is -3.49. The van der Waals surface area contributed by atoms with Crippen LogP contribution in [0, 0.1) is 5.92 Å². The largest absolute Gasteiger partial charge is 0.326 e. The van der Waals surface area contributed by atoms with Crippen molar-refractivity contribution in [2.45, 2.75) is 39.3 Å². The normalized spacial score (nSPS) is 18.2. The molecule has 1 N–H and O–H groups in total. The molecule has 32 heavy (non-hydrogen) atoms. The highest BCUT2D eigenvalue weighted by Gasteiger charge is 2.30. The molecule has 1 amide bonds. The zero-order valence-corrected chi connectivity index (χ0v) is 19.4. The summed E-state index contributed by atoms with van der Waals surface area (Å²) < 4.78 is 26.8.